The van der Waals surface area contributed by atoms with Crippen molar-refractivity contribution in [2.75, 3.05) is 19.8 Å². The summed E-state index contributed by atoms with van der Waals surface area (Å²) in [5.41, 5.74) is 0.216. The number of hydrogen-bond donors (Lipinski definition) is 3. The lowest BCUT2D eigenvalue weighted by molar-refractivity contribution is -0.142. The zero-order valence-corrected chi connectivity index (χ0v) is 14.1. The molecule has 0 saturated heterocycles. The molecule has 0 aliphatic heterocycles. The van der Waals surface area contributed by atoms with Gasteiger partial charge in [0.25, 0.3) is 0 Å². The summed E-state index contributed by atoms with van der Waals surface area (Å²) < 4.78 is 5.45. The number of hydrogen-bond acceptors (Lipinski definition) is 3. The molecule has 132 valence electrons. The fourth-order valence-corrected chi connectivity index (χ4v) is 3.61. The predicted molar refractivity (Wildman–Crippen MR) is 87.3 cm³/mol. The van der Waals surface area contributed by atoms with Gasteiger partial charge in [0.15, 0.2) is 0 Å². The summed E-state index contributed by atoms with van der Waals surface area (Å²) in [6, 6.07) is -0.0159. The molecule has 0 atom stereocenters. The molecule has 23 heavy (non-hydrogen) atoms. The van der Waals surface area contributed by atoms with E-state index in [-0.39, 0.29) is 23.4 Å². The number of urea groups is 1. The lowest BCUT2D eigenvalue weighted by Crippen LogP contribution is -2.49. The fraction of sp³-hybridized carbons (Fsp3) is 0.882. The minimum Gasteiger partial charge on any atom is -0.481 e. The first-order valence-corrected chi connectivity index (χ1v) is 8.89. The number of carboxylic acids is 1. The summed E-state index contributed by atoms with van der Waals surface area (Å²) in [4.78, 5) is 23.0. The van der Waals surface area contributed by atoms with Crippen molar-refractivity contribution in [1.29, 1.82) is 0 Å². The van der Waals surface area contributed by atoms with E-state index in [0.29, 0.717) is 19.4 Å². The maximum atomic E-state index is 12.1. The lowest BCUT2D eigenvalue weighted by Gasteiger charge is -2.42. The number of carboxylic acid groups (broad SMARTS) is 1. The Bertz CT molecular complexity index is 401. The Morgan fingerprint density at radius 2 is 1.91 bits per heavy atom. The van der Waals surface area contributed by atoms with Gasteiger partial charge in [-0.3, -0.25) is 4.79 Å². The minimum atomic E-state index is -0.714. The zero-order valence-electron chi connectivity index (χ0n) is 14.1. The Kier molecular flexibility index (Phi) is 6.69. The first kappa shape index (κ1) is 18.0. The SMILES string of the molecule is CCOCCC1(CNC(=O)NC2CCC(C(=O)O)CC2)CCC1. The highest BCUT2D eigenvalue weighted by Crippen LogP contribution is 2.43. The van der Waals surface area contributed by atoms with Crippen LogP contribution in [0.15, 0.2) is 0 Å². The molecule has 0 unspecified atom stereocenters. The molecule has 0 bridgehead atoms. The van der Waals surface area contributed by atoms with Crippen LogP contribution in [0.5, 0.6) is 0 Å². The highest BCUT2D eigenvalue weighted by atomic mass is 16.5. The van der Waals surface area contributed by atoms with Gasteiger partial charge in [-0.2, -0.15) is 0 Å². The first-order valence-electron chi connectivity index (χ1n) is 8.89. The van der Waals surface area contributed by atoms with Crippen LogP contribution in [0, 0.1) is 11.3 Å². The molecule has 0 aromatic rings. The number of rotatable bonds is 8. The molecule has 2 rings (SSSR count). The summed E-state index contributed by atoms with van der Waals surface area (Å²) in [5.74, 6) is -0.956. The van der Waals surface area contributed by atoms with Crippen LogP contribution in [0.3, 0.4) is 0 Å². The van der Waals surface area contributed by atoms with Crippen LogP contribution in [-0.2, 0) is 9.53 Å². The van der Waals surface area contributed by atoms with Crippen molar-refractivity contribution in [3.8, 4) is 0 Å². The molecule has 0 heterocycles. The summed E-state index contributed by atoms with van der Waals surface area (Å²) in [7, 11) is 0. The maximum Gasteiger partial charge on any atom is 0.315 e. The monoisotopic (exact) mass is 326 g/mol. The van der Waals surface area contributed by atoms with Crippen LogP contribution < -0.4 is 10.6 Å². The second-order valence-corrected chi connectivity index (χ2v) is 7.01. The Balaban J connectivity index is 1.66. The van der Waals surface area contributed by atoms with Crippen LogP contribution in [0.4, 0.5) is 4.79 Å². The Morgan fingerprint density at radius 3 is 2.43 bits per heavy atom. The number of aliphatic carboxylic acids is 1. The summed E-state index contributed by atoms with van der Waals surface area (Å²) >= 11 is 0. The Hall–Kier alpha value is -1.30. The number of amides is 2. The number of nitrogens with one attached hydrogen (secondary N) is 2. The summed E-state index contributed by atoms with van der Waals surface area (Å²) in [5, 5.41) is 15.0. The molecule has 0 radical (unpaired) electrons. The molecule has 2 aliphatic carbocycles. The van der Waals surface area contributed by atoms with E-state index in [1.165, 1.54) is 6.42 Å². The molecule has 0 spiro atoms. The molecule has 2 amide bonds. The molecule has 2 aliphatic rings. The van der Waals surface area contributed by atoms with Gasteiger partial charge in [0.05, 0.1) is 5.92 Å². The van der Waals surface area contributed by atoms with E-state index >= 15 is 0 Å². The van der Waals surface area contributed by atoms with Crippen molar-refractivity contribution in [3.63, 3.8) is 0 Å². The molecular formula is C17H30N2O4. The van der Waals surface area contributed by atoms with E-state index in [0.717, 1.165) is 45.3 Å². The molecule has 3 N–H and O–H groups in total. The van der Waals surface area contributed by atoms with E-state index < -0.39 is 5.97 Å². The quantitative estimate of drug-likeness (QED) is 0.598. The largest absolute Gasteiger partial charge is 0.481 e. The van der Waals surface area contributed by atoms with Crippen LogP contribution in [0.25, 0.3) is 0 Å². The molecular weight excluding hydrogens is 296 g/mol. The van der Waals surface area contributed by atoms with Gasteiger partial charge in [0.1, 0.15) is 0 Å². The molecule has 0 aromatic carbocycles. The van der Waals surface area contributed by atoms with E-state index in [4.69, 9.17) is 9.84 Å². The van der Waals surface area contributed by atoms with Crippen molar-refractivity contribution in [1.82, 2.24) is 10.6 Å². The molecule has 2 saturated carbocycles. The van der Waals surface area contributed by atoms with Crippen molar-refractivity contribution in [2.24, 2.45) is 11.3 Å². The minimum absolute atomic E-state index is 0.103. The normalized spacial score (nSPS) is 26.1. The van der Waals surface area contributed by atoms with Gasteiger partial charge in [-0.25, -0.2) is 4.79 Å². The predicted octanol–water partition coefficient (Wildman–Crippen LogP) is 2.53. The first-order chi connectivity index (χ1) is 11.0. The smallest absolute Gasteiger partial charge is 0.315 e. The van der Waals surface area contributed by atoms with Crippen molar-refractivity contribution in [2.45, 2.75) is 64.3 Å². The number of ether oxygens (including phenoxy) is 1. The van der Waals surface area contributed by atoms with E-state index in [2.05, 4.69) is 10.6 Å². The molecule has 6 nitrogen and oxygen atoms in total. The van der Waals surface area contributed by atoms with E-state index in [1.54, 1.807) is 0 Å². The Morgan fingerprint density at radius 1 is 1.22 bits per heavy atom. The highest BCUT2D eigenvalue weighted by Gasteiger charge is 2.37. The fourth-order valence-electron chi connectivity index (χ4n) is 3.61. The standard InChI is InChI=1S/C17H30N2O4/c1-2-23-11-10-17(8-3-9-17)12-18-16(22)19-14-6-4-13(5-7-14)15(20)21/h13-14H,2-12H2,1H3,(H,20,21)(H2,18,19,22). The van der Waals surface area contributed by atoms with Crippen LogP contribution in [0.2, 0.25) is 0 Å². The van der Waals surface area contributed by atoms with Gasteiger partial charge in [-0.05, 0) is 57.3 Å². The van der Waals surface area contributed by atoms with Crippen molar-refractivity contribution in [3.05, 3.63) is 0 Å². The van der Waals surface area contributed by atoms with Crippen molar-refractivity contribution < 1.29 is 19.4 Å². The third-order valence-electron chi connectivity index (χ3n) is 5.43. The van der Waals surface area contributed by atoms with Gasteiger partial charge in [0, 0.05) is 25.8 Å². The second kappa shape index (κ2) is 8.52. The topological polar surface area (TPSA) is 87.7 Å². The maximum absolute atomic E-state index is 12.1. The zero-order chi connectivity index (χ0) is 16.7. The average Bonchev–Trinajstić information content (AvgIpc) is 2.49. The van der Waals surface area contributed by atoms with Crippen LogP contribution >= 0.6 is 0 Å². The average molecular weight is 326 g/mol. The lowest BCUT2D eigenvalue weighted by atomic mass is 9.67. The summed E-state index contributed by atoms with van der Waals surface area (Å²) in [6.07, 6.45) is 7.35. The third-order valence-corrected chi connectivity index (χ3v) is 5.43. The second-order valence-electron chi connectivity index (χ2n) is 7.01. The third kappa shape index (κ3) is 5.37. The molecule has 0 aromatic heterocycles. The number of carbonyl (C=O) groups excluding carboxylic acids is 1. The van der Waals surface area contributed by atoms with E-state index in [1.807, 2.05) is 6.92 Å². The Labute approximate surface area is 138 Å². The van der Waals surface area contributed by atoms with Crippen LogP contribution in [-0.4, -0.2) is 42.9 Å². The highest BCUT2D eigenvalue weighted by molar-refractivity contribution is 5.74. The van der Waals surface area contributed by atoms with Crippen LogP contribution in [0.1, 0.15) is 58.3 Å². The van der Waals surface area contributed by atoms with Gasteiger partial charge in [0.2, 0.25) is 0 Å². The van der Waals surface area contributed by atoms with Gasteiger partial charge in [-0.1, -0.05) is 6.42 Å². The van der Waals surface area contributed by atoms with Gasteiger partial charge < -0.3 is 20.5 Å². The molecule has 6 heteroatoms. The van der Waals surface area contributed by atoms with Gasteiger partial charge in [-0.15, -0.1) is 0 Å². The number of carbonyl (C=O) groups is 2. The summed E-state index contributed by atoms with van der Waals surface area (Å²) in [6.45, 7) is 4.20. The molecule has 2 fully saturated rings. The van der Waals surface area contributed by atoms with Gasteiger partial charge >= 0.3 is 12.0 Å². The van der Waals surface area contributed by atoms with E-state index in [9.17, 15) is 9.59 Å². The van der Waals surface area contributed by atoms with Crippen molar-refractivity contribution >= 4 is 12.0 Å².